The number of amides is 3. The topological polar surface area (TPSA) is 182 Å². The van der Waals surface area contributed by atoms with Gasteiger partial charge in [0.15, 0.2) is 0 Å². The van der Waals surface area contributed by atoms with E-state index in [0.717, 1.165) is 44.2 Å². The number of nitrogens with one attached hydrogen (secondary N) is 7. The molecular weight excluding hydrogens is 452 g/mol. The fraction of sp³-hybridized carbons (Fsp3) is 0.609. The highest BCUT2D eigenvalue weighted by Crippen LogP contribution is 2.12. The van der Waals surface area contributed by atoms with Gasteiger partial charge in [0.1, 0.15) is 12.3 Å². The Kier molecular flexibility index (Phi) is 10.7. The summed E-state index contributed by atoms with van der Waals surface area (Å²) in [7, 11) is 0. The molecule has 2 aliphatic heterocycles. The van der Waals surface area contributed by atoms with Crippen molar-refractivity contribution < 1.29 is 19.6 Å². The molecule has 194 valence electrons. The van der Waals surface area contributed by atoms with Gasteiger partial charge in [0.05, 0.1) is 6.17 Å². The Bertz CT molecular complexity index is 837. The molecule has 0 saturated carbocycles. The van der Waals surface area contributed by atoms with E-state index in [1.807, 2.05) is 12.1 Å². The van der Waals surface area contributed by atoms with Gasteiger partial charge in [-0.2, -0.15) is 0 Å². The molecule has 2 aliphatic rings. The summed E-state index contributed by atoms with van der Waals surface area (Å²) in [5.41, 5.74) is 8.88. The second-order valence-corrected chi connectivity index (χ2v) is 9.00. The molecule has 10 N–H and O–H groups in total. The van der Waals surface area contributed by atoms with E-state index >= 15 is 0 Å². The van der Waals surface area contributed by atoms with Crippen molar-refractivity contribution in [2.75, 3.05) is 25.0 Å². The maximum absolute atomic E-state index is 12.4. The first kappa shape index (κ1) is 26.8. The first-order valence-corrected chi connectivity index (χ1v) is 12.3. The van der Waals surface area contributed by atoms with Gasteiger partial charge in [-0.05, 0) is 37.1 Å². The van der Waals surface area contributed by atoms with Crippen LogP contribution in [0.3, 0.4) is 0 Å². The molecule has 2 fully saturated rings. The van der Waals surface area contributed by atoms with Crippen LogP contribution in [-0.2, 0) is 9.59 Å². The number of hydrogen-bond acceptors (Lipinski definition) is 9. The van der Waals surface area contributed by atoms with Gasteiger partial charge < -0.3 is 16.0 Å². The van der Waals surface area contributed by atoms with Crippen LogP contribution in [0.5, 0.6) is 0 Å². The number of unbranched alkanes of at least 4 members (excludes halogenated alkanes) is 5. The zero-order valence-corrected chi connectivity index (χ0v) is 19.9. The molecular formula is C23H38N8O4. The number of fused-ring (bicyclic) bond motifs is 1. The third kappa shape index (κ3) is 8.75. The quantitative estimate of drug-likeness (QED) is 0.0979. The highest BCUT2D eigenvalue weighted by Gasteiger charge is 2.38. The molecule has 2 heterocycles. The molecule has 12 nitrogen and oxygen atoms in total. The Morgan fingerprint density at radius 3 is 2.49 bits per heavy atom. The molecule has 0 radical (unpaired) electrons. The number of piperazine rings is 1. The Balaban J connectivity index is 1.27. The number of carbonyl (C=O) groups excluding carboxylic acids is 3. The van der Waals surface area contributed by atoms with E-state index in [1.165, 1.54) is 0 Å². The molecule has 0 spiro atoms. The van der Waals surface area contributed by atoms with E-state index in [1.54, 1.807) is 17.6 Å². The largest absolute Gasteiger partial charge is 0.383 e. The number of carbonyl (C=O) groups is 3. The minimum atomic E-state index is -0.547. The average Bonchev–Trinajstić information content (AvgIpc) is 2.86. The summed E-state index contributed by atoms with van der Waals surface area (Å²) in [6, 6.07) is 7.01. The first-order chi connectivity index (χ1) is 17.0. The predicted octanol–water partition coefficient (Wildman–Crippen LogP) is -0.718. The zero-order chi connectivity index (χ0) is 25.0. The molecule has 4 atom stereocenters. The van der Waals surface area contributed by atoms with Crippen LogP contribution in [0.4, 0.5) is 5.69 Å². The molecule has 3 rings (SSSR count). The number of benzene rings is 1. The molecule has 0 bridgehead atoms. The third-order valence-electron chi connectivity index (χ3n) is 6.21. The second-order valence-electron chi connectivity index (χ2n) is 9.00. The molecule has 1 aromatic carbocycles. The van der Waals surface area contributed by atoms with Crippen LogP contribution in [0.2, 0.25) is 0 Å². The van der Waals surface area contributed by atoms with E-state index in [0.29, 0.717) is 31.6 Å². The van der Waals surface area contributed by atoms with Crippen LogP contribution in [0.1, 0.15) is 55.3 Å². The van der Waals surface area contributed by atoms with Crippen LogP contribution in [-0.4, -0.2) is 67.1 Å². The van der Waals surface area contributed by atoms with E-state index in [2.05, 4.69) is 31.9 Å². The smallest absolute Gasteiger partial charge is 0.251 e. The van der Waals surface area contributed by atoms with Crippen molar-refractivity contribution in [3.05, 3.63) is 29.8 Å². The molecule has 35 heavy (non-hydrogen) atoms. The zero-order valence-electron chi connectivity index (χ0n) is 19.9. The fourth-order valence-electron chi connectivity index (χ4n) is 4.25. The Hall–Kier alpha value is -2.77. The molecule has 2 saturated heterocycles. The molecule has 1 aromatic rings. The summed E-state index contributed by atoms with van der Waals surface area (Å²) < 4.78 is 0. The highest BCUT2D eigenvalue weighted by molar-refractivity contribution is 5.94. The molecule has 12 heteroatoms. The monoisotopic (exact) mass is 490 g/mol. The summed E-state index contributed by atoms with van der Waals surface area (Å²) in [5, 5.41) is 27.1. The van der Waals surface area contributed by atoms with Crippen LogP contribution >= 0.6 is 0 Å². The molecule has 4 unspecified atom stereocenters. The fourth-order valence-corrected chi connectivity index (χ4v) is 4.25. The van der Waals surface area contributed by atoms with Gasteiger partial charge >= 0.3 is 0 Å². The van der Waals surface area contributed by atoms with Crippen molar-refractivity contribution in [2.24, 2.45) is 5.73 Å². The number of hydroxylamine groups is 1. The standard InChI is InChI=1S/C23H38N8O4/c24-23-29-20-19(22(34)30-23)28-17(14-27-20)13-26-16-10-8-15(9-11-16)21(33)25-12-6-4-2-1-3-5-7-18(32)31-35/h8-11,17,19-20,23,26-29,35H,1-7,12-14,24H2,(H,25,33)(H,30,34)(H,31,32). The average molecular weight is 491 g/mol. The maximum atomic E-state index is 12.4. The van der Waals surface area contributed by atoms with Crippen LogP contribution < -0.4 is 43.1 Å². The van der Waals surface area contributed by atoms with Crippen molar-refractivity contribution >= 4 is 23.4 Å². The third-order valence-corrected chi connectivity index (χ3v) is 6.21. The van der Waals surface area contributed by atoms with Gasteiger partial charge in [0.2, 0.25) is 11.8 Å². The van der Waals surface area contributed by atoms with Gasteiger partial charge in [-0.15, -0.1) is 0 Å². The summed E-state index contributed by atoms with van der Waals surface area (Å²) in [4.78, 5) is 35.4. The molecule has 3 amide bonds. The van der Waals surface area contributed by atoms with Gasteiger partial charge in [0.25, 0.3) is 5.91 Å². The summed E-state index contributed by atoms with van der Waals surface area (Å²) in [5.74, 6) is -0.560. The molecule has 0 aliphatic carbocycles. The maximum Gasteiger partial charge on any atom is 0.251 e. The van der Waals surface area contributed by atoms with Crippen molar-refractivity contribution in [1.82, 2.24) is 32.1 Å². The predicted molar refractivity (Wildman–Crippen MR) is 131 cm³/mol. The van der Waals surface area contributed by atoms with E-state index in [-0.39, 0.29) is 36.0 Å². The SMILES string of the molecule is NC1NC(=O)C2NC(CNc3ccc(C(=O)NCCCCCCCCC(=O)NO)cc3)CNC2N1. The lowest BCUT2D eigenvalue weighted by Crippen LogP contribution is -2.78. The van der Waals surface area contributed by atoms with Crippen molar-refractivity contribution in [3.63, 3.8) is 0 Å². The van der Waals surface area contributed by atoms with Gasteiger partial charge in [0, 0.05) is 43.3 Å². The van der Waals surface area contributed by atoms with Crippen LogP contribution in [0.25, 0.3) is 0 Å². The minimum absolute atomic E-state index is 0.0566. The van der Waals surface area contributed by atoms with E-state index in [9.17, 15) is 14.4 Å². The van der Waals surface area contributed by atoms with Crippen molar-refractivity contribution in [2.45, 2.75) is 69.5 Å². The summed E-state index contributed by atoms with van der Waals surface area (Å²) in [6.45, 7) is 1.93. The summed E-state index contributed by atoms with van der Waals surface area (Å²) >= 11 is 0. The van der Waals surface area contributed by atoms with Crippen molar-refractivity contribution in [3.8, 4) is 0 Å². The Morgan fingerprint density at radius 1 is 1.03 bits per heavy atom. The number of anilines is 1. The lowest BCUT2D eigenvalue weighted by molar-refractivity contribution is -0.129. The normalized spacial score (nSPS) is 23.7. The molecule has 0 aromatic heterocycles. The van der Waals surface area contributed by atoms with Gasteiger partial charge in [-0.3, -0.25) is 41.3 Å². The van der Waals surface area contributed by atoms with Crippen LogP contribution in [0.15, 0.2) is 24.3 Å². The minimum Gasteiger partial charge on any atom is -0.383 e. The lowest BCUT2D eigenvalue weighted by Gasteiger charge is -2.42. The number of nitrogens with two attached hydrogens (primary N) is 1. The second kappa shape index (κ2) is 14.0. The van der Waals surface area contributed by atoms with Gasteiger partial charge in [-0.1, -0.05) is 25.7 Å². The summed E-state index contributed by atoms with van der Waals surface area (Å²) in [6.07, 6.45) is 5.35. The van der Waals surface area contributed by atoms with E-state index in [4.69, 9.17) is 10.9 Å². The van der Waals surface area contributed by atoms with Crippen LogP contribution in [0, 0.1) is 0 Å². The Morgan fingerprint density at radius 2 is 1.74 bits per heavy atom. The number of hydrogen-bond donors (Lipinski definition) is 9. The lowest BCUT2D eigenvalue weighted by atomic mass is 10.1. The Labute approximate surface area is 205 Å². The number of rotatable bonds is 13. The van der Waals surface area contributed by atoms with E-state index < -0.39 is 6.29 Å². The van der Waals surface area contributed by atoms with Crippen molar-refractivity contribution in [1.29, 1.82) is 0 Å². The highest BCUT2D eigenvalue weighted by atomic mass is 16.5. The first-order valence-electron chi connectivity index (χ1n) is 12.3. The van der Waals surface area contributed by atoms with Gasteiger partial charge in [-0.25, -0.2) is 5.48 Å².